The van der Waals surface area contributed by atoms with Gasteiger partial charge in [-0.05, 0) is 33.6 Å². The lowest BCUT2D eigenvalue weighted by molar-refractivity contribution is 0.0676. The Kier molecular flexibility index (Phi) is 3.53. The number of aryl methyl sites for hydroxylation is 3. The Morgan fingerprint density at radius 2 is 2.19 bits per heavy atom. The van der Waals surface area contributed by atoms with E-state index in [2.05, 4.69) is 14.7 Å². The minimum Gasteiger partial charge on any atom is -0.361 e. The molecule has 0 spiro atoms. The molecule has 1 saturated heterocycles. The number of rotatable bonds is 2. The number of carbonyl (C=O) groups excluding carboxylic acids is 1. The van der Waals surface area contributed by atoms with Crippen LogP contribution in [0.4, 0.5) is 0 Å². The summed E-state index contributed by atoms with van der Waals surface area (Å²) in [7, 11) is 0. The lowest BCUT2D eigenvalue weighted by Gasteiger charge is -2.33. The number of aromatic nitrogens is 3. The molecule has 6 nitrogen and oxygen atoms in total. The van der Waals surface area contributed by atoms with Gasteiger partial charge >= 0.3 is 0 Å². The maximum atomic E-state index is 12.7. The summed E-state index contributed by atoms with van der Waals surface area (Å²) in [5.74, 6) is 1.61. The predicted octanol–water partition coefficient (Wildman–Crippen LogP) is 2.27. The lowest BCUT2D eigenvalue weighted by atomic mass is 10.0. The Hall–Kier alpha value is -2.11. The first-order valence-electron chi connectivity index (χ1n) is 7.29. The normalized spacial score (nSPS) is 19.0. The number of carbonyl (C=O) groups is 1. The van der Waals surface area contributed by atoms with E-state index < -0.39 is 0 Å². The molecule has 2 aromatic rings. The molecule has 1 atom stereocenters. The molecular weight excluding hydrogens is 268 g/mol. The molecule has 0 aliphatic carbocycles. The van der Waals surface area contributed by atoms with Crippen LogP contribution in [-0.4, -0.2) is 38.6 Å². The Labute approximate surface area is 123 Å². The Bertz CT molecular complexity index is 639. The van der Waals surface area contributed by atoms with Crippen LogP contribution in [0.1, 0.15) is 46.5 Å². The van der Waals surface area contributed by atoms with Crippen LogP contribution in [0.2, 0.25) is 0 Å². The van der Waals surface area contributed by atoms with Gasteiger partial charge < -0.3 is 14.0 Å². The number of likely N-dealkylation sites (tertiary alicyclic amines) is 1. The van der Waals surface area contributed by atoms with Gasteiger partial charge in [-0.2, -0.15) is 0 Å². The average Bonchev–Trinajstić information content (AvgIpc) is 3.05. The highest BCUT2D eigenvalue weighted by Crippen LogP contribution is 2.25. The zero-order valence-corrected chi connectivity index (χ0v) is 12.7. The Morgan fingerprint density at radius 3 is 2.81 bits per heavy atom. The molecule has 1 unspecified atom stereocenters. The van der Waals surface area contributed by atoms with E-state index in [1.165, 1.54) is 0 Å². The van der Waals surface area contributed by atoms with Gasteiger partial charge in [-0.1, -0.05) is 5.16 Å². The smallest absolute Gasteiger partial charge is 0.259 e. The molecule has 1 aliphatic rings. The highest BCUT2D eigenvalue weighted by atomic mass is 16.5. The number of nitrogens with zero attached hydrogens (tertiary/aromatic N) is 4. The number of hydrogen-bond donors (Lipinski definition) is 0. The molecule has 3 rings (SSSR count). The summed E-state index contributed by atoms with van der Waals surface area (Å²) >= 11 is 0. The summed E-state index contributed by atoms with van der Waals surface area (Å²) in [6, 6.07) is 0.297. The van der Waals surface area contributed by atoms with Crippen LogP contribution in [-0.2, 0) is 0 Å². The molecule has 0 aromatic carbocycles. The second kappa shape index (κ2) is 5.35. The first-order valence-corrected chi connectivity index (χ1v) is 7.29. The fourth-order valence-electron chi connectivity index (χ4n) is 3.09. The first kappa shape index (κ1) is 13.9. The van der Waals surface area contributed by atoms with Crippen molar-refractivity contribution in [3.8, 4) is 0 Å². The van der Waals surface area contributed by atoms with E-state index in [-0.39, 0.29) is 5.91 Å². The lowest BCUT2D eigenvalue weighted by Crippen LogP contribution is -2.41. The molecule has 3 heterocycles. The number of imidazole rings is 1. The molecule has 0 N–H and O–H groups in total. The van der Waals surface area contributed by atoms with Crippen LogP contribution in [0, 0.1) is 20.8 Å². The van der Waals surface area contributed by atoms with Gasteiger partial charge in [-0.3, -0.25) is 4.79 Å². The van der Waals surface area contributed by atoms with Crippen molar-refractivity contribution in [2.45, 2.75) is 39.7 Å². The summed E-state index contributed by atoms with van der Waals surface area (Å²) in [4.78, 5) is 18.9. The topological polar surface area (TPSA) is 64.2 Å². The van der Waals surface area contributed by atoms with Crippen molar-refractivity contribution >= 4 is 5.91 Å². The summed E-state index contributed by atoms with van der Waals surface area (Å²) in [5, 5.41) is 3.88. The number of hydrogen-bond acceptors (Lipinski definition) is 4. The SMILES string of the molecule is Cc1noc(C)c1C(=O)N1CCCC(n2ccnc2C)C1. The maximum absolute atomic E-state index is 12.7. The molecular formula is C15H20N4O2. The molecule has 1 aliphatic heterocycles. The van der Waals surface area contributed by atoms with Gasteiger partial charge in [0.05, 0.1) is 11.7 Å². The molecule has 6 heteroatoms. The Balaban J connectivity index is 1.80. The van der Waals surface area contributed by atoms with Gasteiger partial charge in [0.15, 0.2) is 0 Å². The second-order valence-corrected chi connectivity index (χ2v) is 5.63. The minimum atomic E-state index is 0.0220. The fourth-order valence-corrected chi connectivity index (χ4v) is 3.09. The van der Waals surface area contributed by atoms with E-state index in [1.807, 2.05) is 31.1 Å². The second-order valence-electron chi connectivity index (χ2n) is 5.63. The third-order valence-electron chi connectivity index (χ3n) is 4.19. The highest BCUT2D eigenvalue weighted by molar-refractivity contribution is 5.96. The standard InChI is InChI=1S/C15H20N4O2/c1-10-14(11(2)21-17-10)15(20)18-7-4-5-13(9-18)19-8-6-16-12(19)3/h6,8,13H,4-5,7,9H2,1-3H3. The van der Waals surface area contributed by atoms with E-state index in [0.717, 1.165) is 25.2 Å². The highest BCUT2D eigenvalue weighted by Gasteiger charge is 2.29. The van der Waals surface area contributed by atoms with E-state index in [1.54, 1.807) is 6.92 Å². The number of amides is 1. The van der Waals surface area contributed by atoms with Crippen molar-refractivity contribution in [3.05, 3.63) is 35.2 Å². The van der Waals surface area contributed by atoms with Gasteiger partial charge in [0.1, 0.15) is 17.1 Å². The molecule has 0 bridgehead atoms. The molecule has 0 saturated carbocycles. The van der Waals surface area contributed by atoms with Gasteiger partial charge in [0, 0.05) is 25.5 Å². The summed E-state index contributed by atoms with van der Waals surface area (Å²) in [6.45, 7) is 7.09. The van der Waals surface area contributed by atoms with Crippen molar-refractivity contribution in [1.29, 1.82) is 0 Å². The van der Waals surface area contributed by atoms with Gasteiger partial charge in [-0.15, -0.1) is 0 Å². The van der Waals surface area contributed by atoms with E-state index in [4.69, 9.17) is 4.52 Å². The maximum Gasteiger partial charge on any atom is 0.259 e. The largest absolute Gasteiger partial charge is 0.361 e. The molecule has 2 aromatic heterocycles. The zero-order valence-electron chi connectivity index (χ0n) is 12.7. The Morgan fingerprint density at radius 1 is 1.38 bits per heavy atom. The van der Waals surface area contributed by atoms with Gasteiger partial charge in [0.2, 0.25) is 0 Å². The predicted molar refractivity (Wildman–Crippen MR) is 77.1 cm³/mol. The summed E-state index contributed by atoms with van der Waals surface area (Å²) < 4.78 is 7.27. The van der Waals surface area contributed by atoms with E-state index in [9.17, 15) is 4.79 Å². The third-order valence-corrected chi connectivity index (χ3v) is 4.19. The van der Waals surface area contributed by atoms with Crippen LogP contribution in [0.5, 0.6) is 0 Å². The molecule has 1 fully saturated rings. The first-order chi connectivity index (χ1) is 10.1. The minimum absolute atomic E-state index is 0.0220. The van der Waals surface area contributed by atoms with E-state index >= 15 is 0 Å². The number of piperidine rings is 1. The quantitative estimate of drug-likeness (QED) is 0.850. The monoisotopic (exact) mass is 288 g/mol. The van der Waals surface area contributed by atoms with Crippen LogP contribution < -0.4 is 0 Å². The van der Waals surface area contributed by atoms with Crippen LogP contribution in [0.15, 0.2) is 16.9 Å². The molecule has 112 valence electrons. The van der Waals surface area contributed by atoms with Crippen molar-refractivity contribution in [2.75, 3.05) is 13.1 Å². The van der Waals surface area contributed by atoms with Crippen molar-refractivity contribution in [2.24, 2.45) is 0 Å². The van der Waals surface area contributed by atoms with Crippen molar-refractivity contribution < 1.29 is 9.32 Å². The van der Waals surface area contributed by atoms with E-state index in [0.29, 0.717) is 29.6 Å². The summed E-state index contributed by atoms with van der Waals surface area (Å²) in [6.07, 6.45) is 5.87. The van der Waals surface area contributed by atoms with Crippen LogP contribution in [0.25, 0.3) is 0 Å². The van der Waals surface area contributed by atoms with Gasteiger partial charge in [-0.25, -0.2) is 4.98 Å². The average molecular weight is 288 g/mol. The molecule has 1 amide bonds. The van der Waals surface area contributed by atoms with Crippen LogP contribution in [0.3, 0.4) is 0 Å². The van der Waals surface area contributed by atoms with Crippen LogP contribution >= 0.6 is 0 Å². The third kappa shape index (κ3) is 2.46. The molecule has 21 heavy (non-hydrogen) atoms. The van der Waals surface area contributed by atoms with Crippen molar-refractivity contribution in [1.82, 2.24) is 19.6 Å². The molecule has 0 radical (unpaired) electrons. The zero-order chi connectivity index (χ0) is 15.0. The summed E-state index contributed by atoms with van der Waals surface area (Å²) in [5.41, 5.74) is 1.27. The van der Waals surface area contributed by atoms with Gasteiger partial charge in [0.25, 0.3) is 5.91 Å². The van der Waals surface area contributed by atoms with Crippen molar-refractivity contribution in [3.63, 3.8) is 0 Å². The fraction of sp³-hybridized carbons (Fsp3) is 0.533.